The molecule has 8 nitrogen and oxygen atoms in total. The number of nitrogens with one attached hydrogen (secondary N) is 1. The standard InChI is InChI=1S/C24H29N3O5/c28-24(6-2-18-1-5-22-23(15-18)32-17-31-22)25-20-4-3-19(26-7-11-29-12-8-26)16-21(20)27-9-13-30-14-10-27/h1,3-5,15-16H,2,6-14,17H2,(H,25,28). The molecule has 1 amide bonds. The second-order valence-electron chi connectivity index (χ2n) is 8.14. The quantitative estimate of drug-likeness (QED) is 0.742. The molecule has 2 aromatic rings. The molecule has 0 saturated carbocycles. The van der Waals surface area contributed by atoms with Crippen molar-refractivity contribution in [3.05, 3.63) is 42.0 Å². The molecule has 0 radical (unpaired) electrons. The molecule has 0 bridgehead atoms. The molecule has 0 aromatic heterocycles. The molecule has 3 aliphatic rings. The first-order valence-corrected chi connectivity index (χ1v) is 11.2. The van der Waals surface area contributed by atoms with Gasteiger partial charge in [-0.05, 0) is 42.3 Å². The molecular weight excluding hydrogens is 410 g/mol. The van der Waals surface area contributed by atoms with Crippen molar-refractivity contribution in [1.82, 2.24) is 0 Å². The zero-order valence-electron chi connectivity index (χ0n) is 18.2. The fraction of sp³-hybridized carbons (Fsp3) is 0.458. The number of carbonyl (C=O) groups excluding carboxylic acids is 1. The number of aryl methyl sites for hydroxylation is 1. The largest absolute Gasteiger partial charge is 0.454 e. The molecule has 2 aromatic carbocycles. The molecule has 5 rings (SSSR count). The van der Waals surface area contributed by atoms with Crippen molar-refractivity contribution in [3.8, 4) is 11.5 Å². The predicted molar refractivity (Wildman–Crippen MR) is 122 cm³/mol. The van der Waals surface area contributed by atoms with Crippen LogP contribution in [0.4, 0.5) is 17.1 Å². The number of hydrogen-bond donors (Lipinski definition) is 1. The van der Waals surface area contributed by atoms with Crippen LogP contribution in [0, 0.1) is 0 Å². The second-order valence-corrected chi connectivity index (χ2v) is 8.14. The minimum atomic E-state index is -0.00343. The fourth-order valence-corrected chi connectivity index (χ4v) is 4.28. The third-order valence-electron chi connectivity index (χ3n) is 6.06. The van der Waals surface area contributed by atoms with Gasteiger partial charge in [-0.25, -0.2) is 0 Å². The summed E-state index contributed by atoms with van der Waals surface area (Å²) < 4.78 is 21.8. The summed E-state index contributed by atoms with van der Waals surface area (Å²) in [6.45, 7) is 6.51. The molecule has 0 aliphatic carbocycles. The molecule has 3 aliphatic heterocycles. The van der Waals surface area contributed by atoms with Crippen LogP contribution >= 0.6 is 0 Å². The highest BCUT2D eigenvalue weighted by molar-refractivity contribution is 5.95. The van der Waals surface area contributed by atoms with Crippen LogP contribution in [0.15, 0.2) is 36.4 Å². The first kappa shape index (κ1) is 20.9. The summed E-state index contributed by atoms with van der Waals surface area (Å²) in [5.41, 5.74) is 4.11. The van der Waals surface area contributed by atoms with E-state index in [2.05, 4.69) is 27.2 Å². The van der Waals surface area contributed by atoms with E-state index < -0.39 is 0 Å². The lowest BCUT2D eigenvalue weighted by Crippen LogP contribution is -2.38. The van der Waals surface area contributed by atoms with Crippen molar-refractivity contribution in [2.75, 3.05) is 74.5 Å². The molecule has 0 atom stereocenters. The number of benzene rings is 2. The van der Waals surface area contributed by atoms with Crippen LogP contribution in [0.5, 0.6) is 11.5 Å². The van der Waals surface area contributed by atoms with Gasteiger partial charge < -0.3 is 34.1 Å². The highest BCUT2D eigenvalue weighted by Gasteiger charge is 2.20. The summed E-state index contributed by atoms with van der Waals surface area (Å²) in [5.74, 6) is 1.50. The van der Waals surface area contributed by atoms with Crippen LogP contribution in [-0.4, -0.2) is 65.3 Å². The lowest BCUT2D eigenvalue weighted by atomic mass is 10.1. The summed E-state index contributed by atoms with van der Waals surface area (Å²) in [5, 5.41) is 3.14. The SMILES string of the molecule is O=C(CCc1ccc2c(c1)OCO2)Nc1ccc(N2CCOCC2)cc1N1CCOCC1. The maximum Gasteiger partial charge on any atom is 0.231 e. The van der Waals surface area contributed by atoms with Gasteiger partial charge in [0.05, 0.1) is 37.8 Å². The molecule has 2 fully saturated rings. The highest BCUT2D eigenvalue weighted by Crippen LogP contribution is 2.34. The van der Waals surface area contributed by atoms with Gasteiger partial charge in [0.1, 0.15) is 0 Å². The Kier molecular flexibility index (Phi) is 6.31. The van der Waals surface area contributed by atoms with Gasteiger partial charge >= 0.3 is 0 Å². The number of nitrogens with zero attached hydrogens (tertiary/aromatic N) is 2. The molecule has 1 N–H and O–H groups in total. The summed E-state index contributed by atoms with van der Waals surface area (Å²) in [6.07, 6.45) is 1.04. The van der Waals surface area contributed by atoms with Crippen LogP contribution in [0.1, 0.15) is 12.0 Å². The van der Waals surface area contributed by atoms with Crippen molar-refractivity contribution in [1.29, 1.82) is 0 Å². The lowest BCUT2D eigenvalue weighted by Gasteiger charge is -2.33. The number of ether oxygens (including phenoxy) is 4. The minimum absolute atomic E-state index is 0.00343. The Hall–Kier alpha value is -2.97. The van der Waals surface area contributed by atoms with E-state index in [0.717, 1.165) is 73.5 Å². The smallest absolute Gasteiger partial charge is 0.231 e. The number of fused-ring (bicyclic) bond motifs is 1. The maximum absolute atomic E-state index is 12.8. The highest BCUT2D eigenvalue weighted by atomic mass is 16.7. The molecular formula is C24H29N3O5. The second kappa shape index (κ2) is 9.67. The summed E-state index contributed by atoms with van der Waals surface area (Å²) in [4.78, 5) is 17.4. The third-order valence-corrected chi connectivity index (χ3v) is 6.06. The lowest BCUT2D eigenvalue weighted by molar-refractivity contribution is -0.116. The van der Waals surface area contributed by atoms with Crippen molar-refractivity contribution < 1.29 is 23.7 Å². The Bertz CT molecular complexity index is 955. The van der Waals surface area contributed by atoms with E-state index in [1.807, 2.05) is 24.3 Å². The average Bonchev–Trinajstić information content (AvgIpc) is 3.32. The maximum atomic E-state index is 12.8. The van der Waals surface area contributed by atoms with Crippen molar-refractivity contribution in [3.63, 3.8) is 0 Å². The molecule has 32 heavy (non-hydrogen) atoms. The zero-order valence-corrected chi connectivity index (χ0v) is 18.2. The normalized spacial score (nSPS) is 18.0. The molecule has 0 unspecified atom stereocenters. The Morgan fingerprint density at radius 1 is 0.844 bits per heavy atom. The van der Waals surface area contributed by atoms with E-state index in [1.54, 1.807) is 0 Å². The third kappa shape index (κ3) is 4.76. The fourth-order valence-electron chi connectivity index (χ4n) is 4.28. The molecule has 0 spiro atoms. The number of amides is 1. The topological polar surface area (TPSA) is 72.5 Å². The number of anilines is 3. The Morgan fingerprint density at radius 3 is 2.34 bits per heavy atom. The molecule has 3 heterocycles. The minimum Gasteiger partial charge on any atom is -0.454 e. The molecule has 2 saturated heterocycles. The van der Waals surface area contributed by atoms with Gasteiger partial charge in [-0.3, -0.25) is 4.79 Å². The average molecular weight is 440 g/mol. The van der Waals surface area contributed by atoms with Gasteiger partial charge in [-0.15, -0.1) is 0 Å². The van der Waals surface area contributed by atoms with Crippen molar-refractivity contribution in [2.24, 2.45) is 0 Å². The summed E-state index contributed by atoms with van der Waals surface area (Å²) >= 11 is 0. The predicted octanol–water partition coefficient (Wildman–Crippen LogP) is 2.66. The van der Waals surface area contributed by atoms with Crippen LogP contribution in [0.25, 0.3) is 0 Å². The summed E-state index contributed by atoms with van der Waals surface area (Å²) in [7, 11) is 0. The Morgan fingerprint density at radius 2 is 1.56 bits per heavy atom. The molecule has 170 valence electrons. The van der Waals surface area contributed by atoms with Gasteiger partial charge in [0, 0.05) is 38.3 Å². The Balaban J connectivity index is 1.28. The van der Waals surface area contributed by atoms with Gasteiger partial charge in [0.15, 0.2) is 11.5 Å². The monoisotopic (exact) mass is 439 g/mol. The van der Waals surface area contributed by atoms with Crippen LogP contribution < -0.4 is 24.6 Å². The van der Waals surface area contributed by atoms with Crippen molar-refractivity contribution in [2.45, 2.75) is 12.8 Å². The van der Waals surface area contributed by atoms with Crippen LogP contribution in [0.2, 0.25) is 0 Å². The van der Waals surface area contributed by atoms with Gasteiger partial charge in [-0.1, -0.05) is 6.07 Å². The van der Waals surface area contributed by atoms with Gasteiger partial charge in [0.2, 0.25) is 12.7 Å². The first-order chi connectivity index (χ1) is 15.8. The summed E-state index contributed by atoms with van der Waals surface area (Å²) in [6, 6.07) is 12.1. The van der Waals surface area contributed by atoms with Gasteiger partial charge in [-0.2, -0.15) is 0 Å². The number of hydrogen-bond acceptors (Lipinski definition) is 7. The van der Waals surface area contributed by atoms with E-state index in [0.29, 0.717) is 26.1 Å². The van der Waals surface area contributed by atoms with E-state index in [-0.39, 0.29) is 12.7 Å². The van der Waals surface area contributed by atoms with Gasteiger partial charge in [0.25, 0.3) is 0 Å². The number of rotatable bonds is 6. The zero-order chi connectivity index (χ0) is 21.8. The Labute approximate surface area is 188 Å². The first-order valence-electron chi connectivity index (χ1n) is 11.2. The van der Waals surface area contributed by atoms with Crippen LogP contribution in [0.3, 0.4) is 0 Å². The van der Waals surface area contributed by atoms with Crippen LogP contribution in [-0.2, 0) is 20.7 Å². The van der Waals surface area contributed by atoms with E-state index in [4.69, 9.17) is 18.9 Å². The molecule has 8 heteroatoms. The van der Waals surface area contributed by atoms with E-state index >= 15 is 0 Å². The number of morpholine rings is 2. The van der Waals surface area contributed by atoms with Crippen molar-refractivity contribution >= 4 is 23.0 Å². The number of carbonyl (C=O) groups is 1. The van der Waals surface area contributed by atoms with E-state index in [9.17, 15) is 4.79 Å². The van der Waals surface area contributed by atoms with E-state index in [1.165, 1.54) is 0 Å².